The van der Waals surface area contributed by atoms with Gasteiger partial charge in [0.1, 0.15) is 0 Å². The molecule has 2 N–H and O–H groups in total. The van der Waals surface area contributed by atoms with Crippen molar-refractivity contribution in [3.8, 4) is 11.5 Å². The van der Waals surface area contributed by atoms with E-state index in [4.69, 9.17) is 10.3 Å². The van der Waals surface area contributed by atoms with Crippen molar-refractivity contribution in [2.75, 3.05) is 0 Å². The second kappa shape index (κ2) is 5.73. The molecule has 5 nitrogen and oxygen atoms in total. The number of hydrogen-bond acceptors (Lipinski definition) is 5. The van der Waals surface area contributed by atoms with E-state index < -0.39 is 0 Å². The molecule has 2 aromatic rings. The van der Waals surface area contributed by atoms with Gasteiger partial charge in [-0.1, -0.05) is 19.0 Å². The molecule has 96 valence electrons. The lowest BCUT2D eigenvalue weighted by molar-refractivity contribution is 0.419. The molecule has 0 aromatic carbocycles. The Hall–Kier alpha value is -1.75. The van der Waals surface area contributed by atoms with Crippen LogP contribution in [0, 0.1) is 5.92 Å². The van der Waals surface area contributed by atoms with Crippen molar-refractivity contribution in [3.63, 3.8) is 0 Å². The molecule has 0 spiro atoms. The second-order valence-corrected chi connectivity index (χ2v) is 4.69. The molecular formula is C13H18N4O. The van der Waals surface area contributed by atoms with Crippen LogP contribution in [0.25, 0.3) is 11.5 Å². The van der Waals surface area contributed by atoms with E-state index in [9.17, 15) is 0 Å². The first-order valence-corrected chi connectivity index (χ1v) is 6.17. The Morgan fingerprint density at radius 1 is 1.39 bits per heavy atom. The van der Waals surface area contributed by atoms with Crippen LogP contribution in [0.5, 0.6) is 0 Å². The van der Waals surface area contributed by atoms with Gasteiger partial charge in [-0.25, -0.2) is 0 Å². The third kappa shape index (κ3) is 3.13. The summed E-state index contributed by atoms with van der Waals surface area (Å²) in [6.07, 6.45) is 3.61. The average Bonchev–Trinajstić information content (AvgIpc) is 2.85. The Balaban J connectivity index is 2.13. The van der Waals surface area contributed by atoms with E-state index in [1.54, 1.807) is 6.20 Å². The topological polar surface area (TPSA) is 77.8 Å². The largest absolute Gasteiger partial charge is 0.334 e. The lowest BCUT2D eigenvalue weighted by atomic mass is 10.1. The van der Waals surface area contributed by atoms with Crippen molar-refractivity contribution in [1.82, 2.24) is 15.1 Å². The number of hydrogen-bond donors (Lipinski definition) is 1. The summed E-state index contributed by atoms with van der Waals surface area (Å²) in [6.45, 7) is 4.76. The molecule has 0 saturated carbocycles. The third-order valence-corrected chi connectivity index (χ3v) is 2.69. The van der Waals surface area contributed by atoms with Gasteiger partial charge < -0.3 is 10.3 Å². The summed E-state index contributed by atoms with van der Waals surface area (Å²) in [5.74, 6) is 1.92. The van der Waals surface area contributed by atoms with E-state index in [2.05, 4.69) is 29.0 Å². The number of rotatable bonds is 5. The Kier molecular flexibility index (Phi) is 4.04. The summed E-state index contributed by atoms with van der Waals surface area (Å²) in [6, 6.07) is 3.72. The molecule has 0 fully saturated rings. The minimum absolute atomic E-state index is 0.405. The molecular weight excluding hydrogens is 228 g/mol. The molecule has 18 heavy (non-hydrogen) atoms. The minimum atomic E-state index is 0.405. The van der Waals surface area contributed by atoms with Crippen LogP contribution in [0.2, 0.25) is 0 Å². The van der Waals surface area contributed by atoms with Crippen LogP contribution in [-0.2, 0) is 13.0 Å². The van der Waals surface area contributed by atoms with Crippen LogP contribution in [-0.4, -0.2) is 15.1 Å². The first-order chi connectivity index (χ1) is 8.69. The van der Waals surface area contributed by atoms with Crippen molar-refractivity contribution in [2.24, 2.45) is 11.7 Å². The van der Waals surface area contributed by atoms with Gasteiger partial charge in [0.2, 0.25) is 0 Å². The molecule has 0 unspecified atom stereocenters. The Labute approximate surface area is 106 Å². The van der Waals surface area contributed by atoms with Crippen molar-refractivity contribution in [2.45, 2.75) is 33.2 Å². The van der Waals surface area contributed by atoms with Gasteiger partial charge in [0.05, 0.1) is 5.69 Å². The van der Waals surface area contributed by atoms with E-state index in [-0.39, 0.29) is 0 Å². The van der Waals surface area contributed by atoms with Crippen LogP contribution in [0.4, 0.5) is 0 Å². The predicted octanol–water partition coefficient (Wildman–Crippen LogP) is 2.18. The lowest BCUT2D eigenvalue weighted by Gasteiger charge is -1.99. The summed E-state index contributed by atoms with van der Waals surface area (Å²) in [5, 5.41) is 3.98. The molecule has 0 aliphatic heterocycles. The molecule has 2 rings (SSSR count). The maximum Gasteiger partial charge on any atom is 0.258 e. The summed E-state index contributed by atoms with van der Waals surface area (Å²) < 4.78 is 5.25. The molecule has 5 heteroatoms. The number of nitrogens with two attached hydrogens (primary N) is 1. The van der Waals surface area contributed by atoms with E-state index in [0.717, 1.165) is 29.9 Å². The highest BCUT2D eigenvalue weighted by Gasteiger charge is 2.09. The van der Waals surface area contributed by atoms with Gasteiger partial charge in [-0.05, 0) is 24.5 Å². The molecule has 0 aliphatic rings. The van der Waals surface area contributed by atoms with Gasteiger partial charge in [0, 0.05) is 24.7 Å². The summed E-state index contributed by atoms with van der Waals surface area (Å²) in [7, 11) is 0. The predicted molar refractivity (Wildman–Crippen MR) is 68.6 cm³/mol. The van der Waals surface area contributed by atoms with Crippen LogP contribution in [0.15, 0.2) is 22.9 Å². The summed E-state index contributed by atoms with van der Waals surface area (Å²) in [4.78, 5) is 8.52. The fourth-order valence-electron chi connectivity index (χ4n) is 1.61. The molecule has 2 aromatic heterocycles. The quantitative estimate of drug-likeness (QED) is 0.874. The zero-order valence-corrected chi connectivity index (χ0v) is 10.8. The Morgan fingerprint density at radius 2 is 2.22 bits per heavy atom. The van der Waals surface area contributed by atoms with Crippen LogP contribution < -0.4 is 5.73 Å². The van der Waals surface area contributed by atoms with Crippen LogP contribution >= 0.6 is 0 Å². The van der Waals surface area contributed by atoms with Crippen molar-refractivity contribution in [3.05, 3.63) is 29.8 Å². The first-order valence-electron chi connectivity index (χ1n) is 6.17. The normalized spacial score (nSPS) is 11.1. The number of aryl methyl sites for hydroxylation is 1. The van der Waals surface area contributed by atoms with Gasteiger partial charge in [0.15, 0.2) is 5.82 Å². The highest BCUT2D eigenvalue weighted by molar-refractivity contribution is 5.52. The van der Waals surface area contributed by atoms with Crippen molar-refractivity contribution in [1.29, 1.82) is 0 Å². The zero-order chi connectivity index (χ0) is 13.0. The third-order valence-electron chi connectivity index (χ3n) is 2.69. The molecule has 0 amide bonds. The average molecular weight is 246 g/mol. The van der Waals surface area contributed by atoms with Crippen LogP contribution in [0.3, 0.4) is 0 Å². The molecule has 0 bridgehead atoms. The molecule has 0 aliphatic carbocycles. The maximum absolute atomic E-state index is 5.55. The SMILES string of the molecule is CC(C)CCc1noc(-c2ccnc(CN)c2)n1. The van der Waals surface area contributed by atoms with E-state index >= 15 is 0 Å². The second-order valence-electron chi connectivity index (χ2n) is 4.69. The fraction of sp³-hybridized carbons (Fsp3) is 0.462. The van der Waals surface area contributed by atoms with Gasteiger partial charge >= 0.3 is 0 Å². The Morgan fingerprint density at radius 3 is 2.94 bits per heavy atom. The Bertz CT molecular complexity index is 507. The monoisotopic (exact) mass is 246 g/mol. The highest BCUT2D eigenvalue weighted by Crippen LogP contribution is 2.18. The van der Waals surface area contributed by atoms with E-state index in [1.807, 2.05) is 12.1 Å². The zero-order valence-electron chi connectivity index (χ0n) is 10.8. The van der Waals surface area contributed by atoms with E-state index in [1.165, 1.54) is 0 Å². The molecule has 0 radical (unpaired) electrons. The number of aromatic nitrogens is 3. The van der Waals surface area contributed by atoms with Gasteiger partial charge in [-0.3, -0.25) is 4.98 Å². The van der Waals surface area contributed by atoms with Gasteiger partial charge in [0.25, 0.3) is 5.89 Å². The number of nitrogens with zero attached hydrogens (tertiary/aromatic N) is 3. The minimum Gasteiger partial charge on any atom is -0.334 e. The molecule has 0 atom stereocenters. The fourth-order valence-corrected chi connectivity index (χ4v) is 1.61. The van der Waals surface area contributed by atoms with Crippen LogP contribution in [0.1, 0.15) is 31.8 Å². The standard InChI is InChI=1S/C13H18N4O/c1-9(2)3-4-12-16-13(18-17-12)10-5-6-15-11(7-10)8-14/h5-7,9H,3-4,8,14H2,1-2H3. The molecule has 2 heterocycles. The lowest BCUT2D eigenvalue weighted by Crippen LogP contribution is -1.99. The van der Waals surface area contributed by atoms with Gasteiger partial charge in [-0.15, -0.1) is 0 Å². The van der Waals surface area contributed by atoms with E-state index in [0.29, 0.717) is 18.4 Å². The van der Waals surface area contributed by atoms with Crippen molar-refractivity contribution >= 4 is 0 Å². The molecule has 0 saturated heterocycles. The highest BCUT2D eigenvalue weighted by atomic mass is 16.5. The van der Waals surface area contributed by atoms with Gasteiger partial charge in [-0.2, -0.15) is 4.98 Å². The number of pyridine rings is 1. The maximum atomic E-state index is 5.55. The van der Waals surface area contributed by atoms with Crippen molar-refractivity contribution < 1.29 is 4.52 Å². The summed E-state index contributed by atoms with van der Waals surface area (Å²) >= 11 is 0. The first kappa shape index (κ1) is 12.7. The smallest absolute Gasteiger partial charge is 0.258 e. The summed E-state index contributed by atoms with van der Waals surface area (Å²) in [5.41, 5.74) is 7.24.